The quantitative estimate of drug-likeness (QED) is 0.678. The molecule has 0 aromatic rings. The van der Waals surface area contributed by atoms with Gasteiger partial charge in [-0.1, -0.05) is 17.7 Å². The first-order chi connectivity index (χ1) is 8.86. The molecule has 19 heavy (non-hydrogen) atoms. The molecule has 1 aliphatic carbocycles. The molecule has 1 unspecified atom stereocenters. The first-order valence-electron chi connectivity index (χ1n) is 6.73. The van der Waals surface area contributed by atoms with Crippen LogP contribution in [0.1, 0.15) is 19.8 Å². The maximum absolute atomic E-state index is 13.0. The van der Waals surface area contributed by atoms with Gasteiger partial charge in [0.15, 0.2) is 0 Å². The molecule has 0 amide bonds. The van der Waals surface area contributed by atoms with E-state index >= 15 is 0 Å². The van der Waals surface area contributed by atoms with Crippen LogP contribution in [0.5, 0.6) is 0 Å². The second kappa shape index (κ2) is 5.57. The van der Waals surface area contributed by atoms with Crippen molar-refractivity contribution in [3.05, 3.63) is 23.4 Å². The van der Waals surface area contributed by atoms with E-state index in [1.165, 1.54) is 6.08 Å². The maximum atomic E-state index is 13.0. The van der Waals surface area contributed by atoms with Crippen LogP contribution < -0.4 is 0 Å². The van der Waals surface area contributed by atoms with Gasteiger partial charge >= 0.3 is 6.18 Å². The molecule has 2 rings (SSSR count). The molecule has 1 saturated heterocycles. The molecule has 1 fully saturated rings. The highest BCUT2D eigenvalue weighted by atomic mass is 19.4. The van der Waals surface area contributed by atoms with Crippen molar-refractivity contribution in [2.24, 2.45) is 5.92 Å². The van der Waals surface area contributed by atoms with Gasteiger partial charge in [-0.15, -0.1) is 0 Å². The highest BCUT2D eigenvalue weighted by molar-refractivity contribution is 5.18. The lowest BCUT2D eigenvalue weighted by atomic mass is 10.0. The van der Waals surface area contributed by atoms with Gasteiger partial charge in [0.25, 0.3) is 0 Å². The van der Waals surface area contributed by atoms with Gasteiger partial charge in [0, 0.05) is 38.3 Å². The Morgan fingerprint density at radius 1 is 1.16 bits per heavy atom. The van der Waals surface area contributed by atoms with E-state index in [0.717, 1.165) is 37.4 Å². The van der Waals surface area contributed by atoms with Gasteiger partial charge in [-0.05, 0) is 20.4 Å². The lowest BCUT2D eigenvalue weighted by Crippen LogP contribution is -2.44. The summed E-state index contributed by atoms with van der Waals surface area (Å²) in [4.78, 5) is 4.32. The fourth-order valence-corrected chi connectivity index (χ4v) is 2.62. The van der Waals surface area contributed by atoms with Crippen molar-refractivity contribution in [1.82, 2.24) is 9.80 Å². The Balaban J connectivity index is 2.10. The Hall–Kier alpha value is -0.970. The third-order valence-corrected chi connectivity index (χ3v) is 3.90. The van der Waals surface area contributed by atoms with Crippen LogP contribution in [0.3, 0.4) is 0 Å². The zero-order valence-corrected chi connectivity index (χ0v) is 11.5. The van der Waals surface area contributed by atoms with Crippen molar-refractivity contribution in [1.29, 1.82) is 0 Å². The zero-order chi connectivity index (χ0) is 14.0. The van der Waals surface area contributed by atoms with E-state index < -0.39 is 12.1 Å². The van der Waals surface area contributed by atoms with Crippen LogP contribution in [0, 0.1) is 5.92 Å². The Labute approximate surface area is 112 Å². The largest absolute Gasteiger partial charge is 0.395 e. The van der Waals surface area contributed by atoms with Gasteiger partial charge in [-0.3, -0.25) is 0 Å². The minimum absolute atomic E-state index is 0.0879. The molecule has 2 aliphatic rings. The molecule has 108 valence electrons. The fraction of sp³-hybridized carbons (Fsp3) is 0.714. The highest BCUT2D eigenvalue weighted by Gasteiger charge is 2.39. The Morgan fingerprint density at radius 2 is 1.79 bits per heavy atom. The average molecular weight is 274 g/mol. The molecule has 1 atom stereocenters. The van der Waals surface area contributed by atoms with Gasteiger partial charge in [-0.25, -0.2) is 0 Å². The number of nitrogens with zero attached hydrogens (tertiary/aromatic N) is 2. The second-order valence-electron chi connectivity index (χ2n) is 5.56. The van der Waals surface area contributed by atoms with Crippen LogP contribution in [0.25, 0.3) is 0 Å². The number of halogens is 3. The summed E-state index contributed by atoms with van der Waals surface area (Å²) in [6.45, 7) is 5.26. The Morgan fingerprint density at radius 3 is 2.37 bits per heavy atom. The van der Waals surface area contributed by atoms with E-state index in [4.69, 9.17) is 0 Å². The molecule has 2 nitrogen and oxygen atoms in total. The van der Waals surface area contributed by atoms with Crippen LogP contribution in [0.4, 0.5) is 13.2 Å². The molecule has 5 heteroatoms. The van der Waals surface area contributed by atoms with Crippen LogP contribution in [0.15, 0.2) is 23.4 Å². The lowest BCUT2D eigenvalue weighted by molar-refractivity contribution is -0.161. The number of hydrogen-bond donors (Lipinski definition) is 0. The van der Waals surface area contributed by atoms with Crippen molar-refractivity contribution in [2.75, 3.05) is 33.2 Å². The van der Waals surface area contributed by atoms with Crippen molar-refractivity contribution >= 4 is 0 Å². The predicted octanol–water partition coefficient (Wildman–Crippen LogP) is 3.04. The third-order valence-electron chi connectivity index (χ3n) is 3.90. The van der Waals surface area contributed by atoms with Gasteiger partial charge < -0.3 is 9.80 Å². The summed E-state index contributed by atoms with van der Waals surface area (Å²) in [6.07, 6.45) is -0.0570. The van der Waals surface area contributed by atoms with E-state index in [1.807, 2.05) is 13.1 Å². The molecule has 1 aliphatic heterocycles. The normalized spacial score (nSPS) is 26.8. The minimum Gasteiger partial charge on any atom is -0.372 e. The molecular formula is C14H21F3N2. The van der Waals surface area contributed by atoms with E-state index in [2.05, 4.69) is 9.80 Å². The molecule has 0 spiro atoms. The first-order valence-corrected chi connectivity index (χ1v) is 6.73. The molecule has 0 aromatic carbocycles. The fourth-order valence-electron chi connectivity index (χ4n) is 2.62. The molecule has 0 aromatic heterocycles. The Bertz CT molecular complexity index is 377. The Kier molecular flexibility index (Phi) is 4.23. The highest BCUT2D eigenvalue weighted by Crippen LogP contribution is 2.36. The van der Waals surface area contributed by atoms with Crippen molar-refractivity contribution in [3.63, 3.8) is 0 Å². The smallest absolute Gasteiger partial charge is 0.372 e. The molecule has 0 bridgehead atoms. The topological polar surface area (TPSA) is 6.48 Å². The maximum Gasteiger partial charge on any atom is 0.395 e. The molecule has 0 N–H and O–H groups in total. The number of alkyl halides is 3. The summed E-state index contributed by atoms with van der Waals surface area (Å²) in [5.41, 5.74) is 1.68. The van der Waals surface area contributed by atoms with Crippen LogP contribution in [0.2, 0.25) is 0 Å². The summed E-state index contributed by atoms with van der Waals surface area (Å²) < 4.78 is 39.0. The van der Waals surface area contributed by atoms with E-state index in [-0.39, 0.29) is 6.42 Å². The predicted molar refractivity (Wildman–Crippen MR) is 69.7 cm³/mol. The summed E-state index contributed by atoms with van der Waals surface area (Å²) in [5, 5.41) is 0. The summed E-state index contributed by atoms with van der Waals surface area (Å²) in [7, 11) is 2.04. The van der Waals surface area contributed by atoms with Crippen molar-refractivity contribution in [3.8, 4) is 0 Å². The van der Waals surface area contributed by atoms with Gasteiger partial charge in [0.05, 0.1) is 5.92 Å². The van der Waals surface area contributed by atoms with Crippen LogP contribution in [-0.2, 0) is 0 Å². The van der Waals surface area contributed by atoms with E-state index in [9.17, 15) is 13.2 Å². The van der Waals surface area contributed by atoms with Crippen LogP contribution in [-0.4, -0.2) is 49.2 Å². The third kappa shape index (κ3) is 3.75. The first kappa shape index (κ1) is 14.4. The summed E-state index contributed by atoms with van der Waals surface area (Å²) in [6, 6.07) is 0. The molecule has 0 saturated carbocycles. The van der Waals surface area contributed by atoms with E-state index in [1.54, 1.807) is 6.92 Å². The molecular weight excluding hydrogens is 253 g/mol. The van der Waals surface area contributed by atoms with Gasteiger partial charge in [-0.2, -0.15) is 13.2 Å². The number of allylic oxidation sites excluding steroid dienone is 4. The van der Waals surface area contributed by atoms with Crippen LogP contribution >= 0.6 is 0 Å². The van der Waals surface area contributed by atoms with E-state index in [0.29, 0.717) is 6.42 Å². The zero-order valence-electron chi connectivity index (χ0n) is 11.5. The van der Waals surface area contributed by atoms with Crippen molar-refractivity contribution < 1.29 is 13.2 Å². The van der Waals surface area contributed by atoms with Gasteiger partial charge in [0.2, 0.25) is 0 Å². The number of rotatable bonds is 1. The SMILES string of the molecule is CC1=CC(C(F)(F)F)CC(N2CCN(C)CC2)=CC1. The number of hydrogen-bond acceptors (Lipinski definition) is 2. The standard InChI is InChI=1S/C14H21F3N2/c1-11-3-4-13(10-12(9-11)14(15,16)17)19-7-5-18(2)6-8-19/h4,9,12H,3,5-8,10H2,1-2H3. The molecule has 0 radical (unpaired) electrons. The number of piperazine rings is 1. The number of likely N-dealkylation sites (N-methyl/N-ethyl adjacent to an activating group) is 1. The van der Waals surface area contributed by atoms with Gasteiger partial charge in [0.1, 0.15) is 0 Å². The minimum atomic E-state index is -4.14. The summed E-state index contributed by atoms with van der Waals surface area (Å²) >= 11 is 0. The monoisotopic (exact) mass is 274 g/mol. The second-order valence-corrected chi connectivity index (χ2v) is 5.56. The summed E-state index contributed by atoms with van der Waals surface area (Å²) in [5.74, 6) is -1.33. The molecule has 1 heterocycles. The average Bonchev–Trinajstić information content (AvgIpc) is 2.52. The van der Waals surface area contributed by atoms with Crippen molar-refractivity contribution in [2.45, 2.75) is 25.9 Å². The lowest BCUT2D eigenvalue weighted by Gasteiger charge is -2.36.